The first-order valence-corrected chi connectivity index (χ1v) is 7.40. The highest BCUT2D eigenvalue weighted by Crippen LogP contribution is 2.38. The highest BCUT2D eigenvalue weighted by molar-refractivity contribution is 5.81. The standard InChI is InChI=1S/C15H25N3O/c1-2-18-11-13(10-17-18)8-14(19)9-15(12-16)6-4-3-5-7-15/h10-11H,2-9,12,16H2,1H3. The van der Waals surface area contributed by atoms with Crippen molar-refractivity contribution in [3.8, 4) is 0 Å². The van der Waals surface area contributed by atoms with E-state index in [0.717, 1.165) is 24.9 Å². The Balaban J connectivity index is 1.92. The van der Waals surface area contributed by atoms with E-state index in [1.165, 1.54) is 19.3 Å². The van der Waals surface area contributed by atoms with Gasteiger partial charge in [-0.2, -0.15) is 5.10 Å². The quantitative estimate of drug-likeness (QED) is 0.856. The maximum Gasteiger partial charge on any atom is 0.137 e. The molecule has 4 nitrogen and oxygen atoms in total. The predicted molar refractivity (Wildman–Crippen MR) is 75.8 cm³/mol. The van der Waals surface area contributed by atoms with Gasteiger partial charge in [0.15, 0.2) is 0 Å². The number of ketones is 1. The number of aryl methyl sites for hydroxylation is 1. The summed E-state index contributed by atoms with van der Waals surface area (Å²) in [6.07, 6.45) is 10.9. The number of nitrogens with two attached hydrogens (primary N) is 1. The molecule has 2 N–H and O–H groups in total. The average Bonchev–Trinajstić information content (AvgIpc) is 2.87. The van der Waals surface area contributed by atoms with Crippen molar-refractivity contribution in [2.75, 3.05) is 6.54 Å². The zero-order chi connectivity index (χ0) is 13.7. The third-order valence-corrected chi connectivity index (χ3v) is 4.33. The number of hydrogen-bond donors (Lipinski definition) is 1. The summed E-state index contributed by atoms with van der Waals surface area (Å²) in [6.45, 7) is 3.54. The molecule has 19 heavy (non-hydrogen) atoms. The molecular weight excluding hydrogens is 238 g/mol. The second-order valence-corrected chi connectivity index (χ2v) is 5.86. The van der Waals surface area contributed by atoms with E-state index in [4.69, 9.17) is 5.73 Å². The average molecular weight is 263 g/mol. The minimum atomic E-state index is 0.0794. The molecule has 1 aliphatic rings. The first-order chi connectivity index (χ1) is 9.17. The Kier molecular flexibility index (Phi) is 4.75. The second kappa shape index (κ2) is 6.33. The Morgan fingerprint density at radius 1 is 1.42 bits per heavy atom. The van der Waals surface area contributed by atoms with E-state index in [-0.39, 0.29) is 5.41 Å². The largest absolute Gasteiger partial charge is 0.330 e. The van der Waals surface area contributed by atoms with Crippen molar-refractivity contribution >= 4 is 5.78 Å². The lowest BCUT2D eigenvalue weighted by Gasteiger charge is -2.35. The SMILES string of the molecule is CCn1cc(CC(=O)CC2(CN)CCCCC2)cn1. The number of nitrogens with zero attached hydrogens (tertiary/aromatic N) is 2. The van der Waals surface area contributed by atoms with Gasteiger partial charge in [0.25, 0.3) is 0 Å². The smallest absolute Gasteiger partial charge is 0.137 e. The fourth-order valence-corrected chi connectivity index (χ4v) is 3.13. The van der Waals surface area contributed by atoms with Gasteiger partial charge in [0.05, 0.1) is 6.20 Å². The Bertz CT molecular complexity index is 419. The highest BCUT2D eigenvalue weighted by Gasteiger charge is 2.32. The molecule has 0 saturated heterocycles. The van der Waals surface area contributed by atoms with E-state index in [9.17, 15) is 4.79 Å². The second-order valence-electron chi connectivity index (χ2n) is 5.86. The van der Waals surface area contributed by atoms with Gasteiger partial charge in [-0.1, -0.05) is 19.3 Å². The molecule has 1 heterocycles. The minimum Gasteiger partial charge on any atom is -0.330 e. The van der Waals surface area contributed by atoms with Crippen LogP contribution >= 0.6 is 0 Å². The Labute approximate surface area is 115 Å². The molecule has 0 amide bonds. The summed E-state index contributed by atoms with van der Waals surface area (Å²) in [5, 5.41) is 4.21. The van der Waals surface area contributed by atoms with Gasteiger partial charge < -0.3 is 5.73 Å². The monoisotopic (exact) mass is 263 g/mol. The maximum atomic E-state index is 12.2. The van der Waals surface area contributed by atoms with Crippen LogP contribution in [0.3, 0.4) is 0 Å². The van der Waals surface area contributed by atoms with Crippen molar-refractivity contribution in [1.29, 1.82) is 0 Å². The van der Waals surface area contributed by atoms with Gasteiger partial charge in [-0.3, -0.25) is 9.48 Å². The van der Waals surface area contributed by atoms with Crippen LogP contribution in [0, 0.1) is 5.41 Å². The molecule has 1 aromatic rings. The Morgan fingerprint density at radius 2 is 2.16 bits per heavy atom. The third kappa shape index (κ3) is 3.66. The summed E-state index contributed by atoms with van der Waals surface area (Å²) >= 11 is 0. The van der Waals surface area contributed by atoms with Gasteiger partial charge in [-0.15, -0.1) is 0 Å². The molecule has 0 unspecified atom stereocenters. The number of rotatable bonds is 6. The summed E-state index contributed by atoms with van der Waals surface area (Å²) in [4.78, 5) is 12.2. The Morgan fingerprint density at radius 3 is 2.74 bits per heavy atom. The summed E-state index contributed by atoms with van der Waals surface area (Å²) in [5.41, 5.74) is 7.04. The molecule has 2 rings (SSSR count). The highest BCUT2D eigenvalue weighted by atomic mass is 16.1. The molecule has 4 heteroatoms. The lowest BCUT2D eigenvalue weighted by Crippen LogP contribution is -2.35. The number of aromatic nitrogens is 2. The lowest BCUT2D eigenvalue weighted by molar-refractivity contribution is -0.121. The zero-order valence-electron chi connectivity index (χ0n) is 11.9. The molecule has 0 aromatic carbocycles. The molecule has 0 aliphatic heterocycles. The van der Waals surface area contributed by atoms with Crippen molar-refractivity contribution in [1.82, 2.24) is 9.78 Å². The van der Waals surface area contributed by atoms with Crippen LogP contribution in [0.5, 0.6) is 0 Å². The van der Waals surface area contributed by atoms with Crippen molar-refractivity contribution < 1.29 is 4.79 Å². The van der Waals surface area contributed by atoms with Gasteiger partial charge in [0.2, 0.25) is 0 Å². The number of carbonyl (C=O) groups is 1. The topological polar surface area (TPSA) is 60.9 Å². The van der Waals surface area contributed by atoms with E-state index < -0.39 is 0 Å². The fraction of sp³-hybridized carbons (Fsp3) is 0.733. The first-order valence-electron chi connectivity index (χ1n) is 7.40. The number of Topliss-reactive ketones (excluding diaryl/α,β-unsaturated/α-hetero) is 1. The van der Waals surface area contributed by atoms with Crippen molar-refractivity contribution in [3.63, 3.8) is 0 Å². The summed E-state index contributed by atoms with van der Waals surface area (Å²) < 4.78 is 1.86. The van der Waals surface area contributed by atoms with Gasteiger partial charge in [0.1, 0.15) is 5.78 Å². The molecule has 106 valence electrons. The van der Waals surface area contributed by atoms with Gasteiger partial charge >= 0.3 is 0 Å². The molecule has 0 spiro atoms. The molecule has 1 fully saturated rings. The minimum absolute atomic E-state index is 0.0794. The van der Waals surface area contributed by atoms with E-state index in [1.807, 2.05) is 17.8 Å². The van der Waals surface area contributed by atoms with Gasteiger partial charge in [-0.05, 0) is 37.3 Å². The summed E-state index contributed by atoms with van der Waals surface area (Å²) in [7, 11) is 0. The molecule has 0 radical (unpaired) electrons. The Hall–Kier alpha value is -1.16. The van der Waals surface area contributed by atoms with Crippen molar-refractivity contribution in [3.05, 3.63) is 18.0 Å². The lowest BCUT2D eigenvalue weighted by atomic mass is 9.70. The van der Waals surface area contributed by atoms with Crippen LogP contribution in [-0.2, 0) is 17.8 Å². The van der Waals surface area contributed by atoms with Crippen LogP contribution < -0.4 is 5.73 Å². The molecule has 1 aliphatic carbocycles. The van der Waals surface area contributed by atoms with Crippen molar-refractivity contribution in [2.24, 2.45) is 11.1 Å². The molecule has 0 atom stereocenters. The molecule has 1 saturated carbocycles. The third-order valence-electron chi connectivity index (χ3n) is 4.33. The number of carbonyl (C=O) groups excluding carboxylic acids is 1. The predicted octanol–water partition coefficient (Wildman–Crippen LogP) is 2.31. The van der Waals surface area contributed by atoms with Crippen LogP contribution in [0.4, 0.5) is 0 Å². The van der Waals surface area contributed by atoms with Gasteiger partial charge in [0, 0.05) is 25.6 Å². The van der Waals surface area contributed by atoms with E-state index in [2.05, 4.69) is 5.10 Å². The van der Waals surface area contributed by atoms with Crippen LogP contribution in [-0.4, -0.2) is 22.1 Å². The number of hydrogen-bond acceptors (Lipinski definition) is 3. The zero-order valence-corrected chi connectivity index (χ0v) is 11.9. The van der Waals surface area contributed by atoms with Crippen molar-refractivity contribution in [2.45, 2.75) is 58.4 Å². The van der Waals surface area contributed by atoms with Gasteiger partial charge in [-0.25, -0.2) is 0 Å². The maximum absolute atomic E-state index is 12.2. The molecule has 0 bridgehead atoms. The van der Waals surface area contributed by atoms with Crippen LogP contribution in [0.15, 0.2) is 12.4 Å². The van der Waals surface area contributed by atoms with E-state index >= 15 is 0 Å². The van der Waals surface area contributed by atoms with E-state index in [1.54, 1.807) is 6.20 Å². The normalized spacial score (nSPS) is 18.4. The van der Waals surface area contributed by atoms with Crippen LogP contribution in [0.1, 0.15) is 51.0 Å². The first kappa shape index (κ1) is 14.3. The fourth-order valence-electron chi connectivity index (χ4n) is 3.13. The molecular formula is C15H25N3O. The summed E-state index contributed by atoms with van der Waals surface area (Å²) in [6, 6.07) is 0. The van der Waals surface area contributed by atoms with Crippen LogP contribution in [0.2, 0.25) is 0 Å². The van der Waals surface area contributed by atoms with E-state index in [0.29, 0.717) is 25.2 Å². The molecule has 1 aromatic heterocycles. The van der Waals surface area contributed by atoms with Crippen LogP contribution in [0.25, 0.3) is 0 Å². The summed E-state index contributed by atoms with van der Waals surface area (Å²) in [5.74, 6) is 0.308.